The molecule has 0 aromatic carbocycles. The van der Waals surface area contributed by atoms with E-state index in [0.717, 1.165) is 17.7 Å². The zero-order valence-corrected chi connectivity index (χ0v) is 12.1. The third kappa shape index (κ3) is 1.93. The fourth-order valence-electron chi connectivity index (χ4n) is 3.90. The van der Waals surface area contributed by atoms with Crippen LogP contribution in [0, 0.1) is 17.3 Å². The average Bonchev–Trinajstić information content (AvgIpc) is 2.86. The highest BCUT2D eigenvalue weighted by Gasteiger charge is 2.56. The van der Waals surface area contributed by atoms with Crippen LogP contribution in [0.25, 0.3) is 0 Å². The first-order valence-electron chi connectivity index (χ1n) is 7.62. The summed E-state index contributed by atoms with van der Waals surface area (Å²) in [4.78, 5) is 11.6. The van der Waals surface area contributed by atoms with Gasteiger partial charge in [-0.15, -0.1) is 5.10 Å². The molecule has 2 unspecified atom stereocenters. The number of hydrogen-bond donors (Lipinski definition) is 1. The lowest BCUT2D eigenvalue weighted by atomic mass is 9.82. The lowest BCUT2D eigenvalue weighted by Gasteiger charge is -2.26. The molecule has 1 aromatic rings. The highest BCUT2D eigenvalue weighted by atomic mass is 16.4. The number of aliphatic carboxylic acids is 1. The Labute approximate surface area is 118 Å². The average molecular weight is 278 g/mol. The molecule has 0 aliphatic heterocycles. The second-order valence-electron chi connectivity index (χ2n) is 6.27. The molecule has 20 heavy (non-hydrogen) atoms. The SMILES string of the molecule is CCC(CC)(Cn1nnnc1C1C2CCCC21)C(=O)O. The summed E-state index contributed by atoms with van der Waals surface area (Å²) in [5.74, 6) is 2.11. The van der Waals surface area contributed by atoms with E-state index in [4.69, 9.17) is 0 Å². The third-order valence-electron chi connectivity index (χ3n) is 5.52. The van der Waals surface area contributed by atoms with Crippen LogP contribution in [0.1, 0.15) is 57.7 Å². The molecule has 0 radical (unpaired) electrons. The third-order valence-corrected chi connectivity index (χ3v) is 5.52. The van der Waals surface area contributed by atoms with Crippen molar-refractivity contribution in [2.24, 2.45) is 17.3 Å². The molecule has 2 saturated carbocycles. The van der Waals surface area contributed by atoms with Crippen LogP contribution in [0.4, 0.5) is 0 Å². The van der Waals surface area contributed by atoms with Crippen molar-refractivity contribution in [3.63, 3.8) is 0 Å². The molecule has 2 fully saturated rings. The van der Waals surface area contributed by atoms with Crippen LogP contribution in [0.5, 0.6) is 0 Å². The maximum Gasteiger partial charge on any atom is 0.311 e. The molecule has 6 heteroatoms. The summed E-state index contributed by atoms with van der Waals surface area (Å²) in [6.45, 7) is 4.23. The zero-order valence-electron chi connectivity index (χ0n) is 12.1. The minimum absolute atomic E-state index is 0.383. The number of carbonyl (C=O) groups is 1. The van der Waals surface area contributed by atoms with Gasteiger partial charge < -0.3 is 5.11 Å². The first kappa shape index (κ1) is 13.5. The molecule has 0 amide bonds. The maximum absolute atomic E-state index is 11.6. The maximum atomic E-state index is 11.6. The zero-order chi connectivity index (χ0) is 14.3. The van der Waals surface area contributed by atoms with E-state index in [0.29, 0.717) is 25.3 Å². The number of nitrogens with zero attached hydrogens (tertiary/aromatic N) is 4. The second-order valence-corrected chi connectivity index (χ2v) is 6.27. The van der Waals surface area contributed by atoms with Crippen LogP contribution < -0.4 is 0 Å². The summed E-state index contributed by atoms with van der Waals surface area (Å²) in [5.41, 5.74) is -0.756. The van der Waals surface area contributed by atoms with E-state index in [-0.39, 0.29) is 0 Å². The number of hydrogen-bond acceptors (Lipinski definition) is 4. The number of aromatic nitrogens is 4. The molecule has 110 valence electrons. The molecule has 1 N–H and O–H groups in total. The van der Waals surface area contributed by atoms with Crippen molar-refractivity contribution >= 4 is 5.97 Å². The van der Waals surface area contributed by atoms with Crippen molar-refractivity contribution in [1.29, 1.82) is 0 Å². The van der Waals surface area contributed by atoms with Crippen molar-refractivity contribution in [2.75, 3.05) is 0 Å². The Morgan fingerprint density at radius 2 is 2.00 bits per heavy atom. The largest absolute Gasteiger partial charge is 0.481 e. The minimum Gasteiger partial charge on any atom is -0.481 e. The van der Waals surface area contributed by atoms with Crippen LogP contribution in [-0.4, -0.2) is 31.3 Å². The highest BCUT2D eigenvalue weighted by Crippen LogP contribution is 2.62. The molecular formula is C14H22N4O2. The van der Waals surface area contributed by atoms with Crippen molar-refractivity contribution in [3.05, 3.63) is 5.82 Å². The van der Waals surface area contributed by atoms with Crippen LogP contribution in [0.2, 0.25) is 0 Å². The molecule has 0 spiro atoms. The predicted octanol–water partition coefficient (Wildman–Crippen LogP) is 2.08. The van der Waals surface area contributed by atoms with E-state index >= 15 is 0 Å². The molecule has 2 aliphatic rings. The topological polar surface area (TPSA) is 80.9 Å². The Hall–Kier alpha value is -1.46. The van der Waals surface area contributed by atoms with E-state index in [2.05, 4.69) is 15.5 Å². The fourth-order valence-corrected chi connectivity index (χ4v) is 3.90. The van der Waals surface area contributed by atoms with Crippen molar-refractivity contribution in [3.8, 4) is 0 Å². The Balaban J connectivity index is 1.81. The van der Waals surface area contributed by atoms with Gasteiger partial charge in [-0.05, 0) is 47.9 Å². The van der Waals surface area contributed by atoms with E-state index in [1.807, 2.05) is 13.8 Å². The summed E-state index contributed by atoms with van der Waals surface area (Å²) in [5, 5.41) is 21.6. The Morgan fingerprint density at radius 3 is 2.55 bits per heavy atom. The summed E-state index contributed by atoms with van der Waals surface area (Å²) >= 11 is 0. The number of rotatable bonds is 6. The molecule has 2 atom stereocenters. The van der Waals surface area contributed by atoms with Gasteiger partial charge in [-0.1, -0.05) is 20.3 Å². The summed E-state index contributed by atoms with van der Waals surface area (Å²) in [6.07, 6.45) is 5.04. The van der Waals surface area contributed by atoms with Gasteiger partial charge in [0.2, 0.25) is 0 Å². The first-order valence-corrected chi connectivity index (χ1v) is 7.62. The molecular weight excluding hydrogens is 256 g/mol. The summed E-state index contributed by atoms with van der Waals surface area (Å²) < 4.78 is 1.75. The van der Waals surface area contributed by atoms with Gasteiger partial charge in [-0.2, -0.15) is 0 Å². The number of carboxylic acids is 1. The van der Waals surface area contributed by atoms with E-state index in [9.17, 15) is 9.90 Å². The van der Waals surface area contributed by atoms with Crippen LogP contribution in [0.15, 0.2) is 0 Å². The van der Waals surface area contributed by atoms with E-state index < -0.39 is 11.4 Å². The van der Waals surface area contributed by atoms with Crippen LogP contribution in [-0.2, 0) is 11.3 Å². The molecule has 3 rings (SSSR count). The predicted molar refractivity (Wildman–Crippen MR) is 72.0 cm³/mol. The Kier molecular flexibility index (Phi) is 3.26. The van der Waals surface area contributed by atoms with Gasteiger partial charge in [0, 0.05) is 5.92 Å². The Morgan fingerprint density at radius 1 is 1.35 bits per heavy atom. The normalized spacial score (nSPS) is 28.4. The first-order chi connectivity index (χ1) is 9.63. The fraction of sp³-hybridized carbons (Fsp3) is 0.857. The van der Waals surface area contributed by atoms with Gasteiger partial charge in [-0.25, -0.2) is 4.68 Å². The van der Waals surface area contributed by atoms with Gasteiger partial charge in [0.1, 0.15) is 0 Å². The van der Waals surface area contributed by atoms with Crippen molar-refractivity contribution < 1.29 is 9.90 Å². The second kappa shape index (κ2) is 4.82. The Bertz CT molecular complexity index is 499. The smallest absolute Gasteiger partial charge is 0.311 e. The van der Waals surface area contributed by atoms with Crippen LogP contribution in [0.3, 0.4) is 0 Å². The standard InChI is InChI=1S/C14H22N4O2/c1-3-14(4-2,13(19)20)8-18-12(15-16-17-18)11-9-6-5-7-10(9)11/h9-11H,3-8H2,1-2H3,(H,19,20). The van der Waals surface area contributed by atoms with E-state index in [1.54, 1.807) is 4.68 Å². The molecule has 1 aromatic heterocycles. The summed E-state index contributed by atoms with van der Waals surface area (Å²) in [7, 11) is 0. The quantitative estimate of drug-likeness (QED) is 0.861. The number of fused-ring (bicyclic) bond motifs is 1. The van der Waals surface area contributed by atoms with Crippen molar-refractivity contribution in [1.82, 2.24) is 20.2 Å². The minimum atomic E-state index is -0.756. The van der Waals surface area contributed by atoms with Gasteiger partial charge in [-0.3, -0.25) is 4.79 Å². The van der Waals surface area contributed by atoms with E-state index in [1.165, 1.54) is 19.3 Å². The molecule has 1 heterocycles. The molecule has 6 nitrogen and oxygen atoms in total. The van der Waals surface area contributed by atoms with Gasteiger partial charge >= 0.3 is 5.97 Å². The summed E-state index contributed by atoms with van der Waals surface area (Å²) in [6, 6.07) is 0. The van der Waals surface area contributed by atoms with Gasteiger partial charge in [0.25, 0.3) is 0 Å². The van der Waals surface area contributed by atoms with Gasteiger partial charge in [0.15, 0.2) is 5.82 Å². The highest BCUT2D eigenvalue weighted by molar-refractivity contribution is 5.74. The van der Waals surface area contributed by atoms with Gasteiger partial charge in [0.05, 0.1) is 12.0 Å². The van der Waals surface area contributed by atoms with Crippen LogP contribution >= 0.6 is 0 Å². The van der Waals surface area contributed by atoms with Crippen molar-refractivity contribution in [2.45, 2.75) is 58.4 Å². The molecule has 0 saturated heterocycles. The molecule has 0 bridgehead atoms. The number of carboxylic acid groups (broad SMARTS) is 1. The monoisotopic (exact) mass is 278 g/mol. The molecule has 2 aliphatic carbocycles. The lowest BCUT2D eigenvalue weighted by Crippen LogP contribution is -2.35. The lowest BCUT2D eigenvalue weighted by molar-refractivity contribution is -0.150. The number of tetrazole rings is 1.